The summed E-state index contributed by atoms with van der Waals surface area (Å²) in [6.07, 6.45) is 29.7. The fraction of sp³-hybridized carbons (Fsp3) is 0.778. The molecule has 1 aliphatic rings. The van der Waals surface area contributed by atoms with E-state index in [9.17, 15) is 9.90 Å². The van der Waals surface area contributed by atoms with Crippen LogP contribution in [0.25, 0.3) is 0 Å². The first-order valence-corrected chi connectivity index (χ1v) is 13.3. The molecule has 3 N–H and O–H groups in total. The highest BCUT2D eigenvalue weighted by atomic mass is 16.4. The van der Waals surface area contributed by atoms with Gasteiger partial charge in [0.1, 0.15) is 12.4 Å². The van der Waals surface area contributed by atoms with Gasteiger partial charge in [-0.15, -0.1) is 0 Å². The Balaban J connectivity index is 1.97. The molecule has 0 bridgehead atoms. The van der Waals surface area contributed by atoms with Crippen molar-refractivity contribution in [2.75, 3.05) is 6.54 Å². The van der Waals surface area contributed by atoms with Gasteiger partial charge in [-0.1, -0.05) is 89.7 Å². The number of unbranched alkanes of at least 4 members (excludes halogenated alkanes) is 14. The van der Waals surface area contributed by atoms with Crippen LogP contribution in [0.5, 0.6) is 0 Å². The first-order chi connectivity index (χ1) is 15.5. The molecule has 0 radical (unpaired) electrons. The number of allylic oxidation sites excluding steroid dienone is 2. The number of rotatable bonds is 21. The minimum absolute atomic E-state index is 0.0294. The van der Waals surface area contributed by atoms with E-state index in [4.69, 9.17) is 5.73 Å². The molecule has 32 heavy (non-hydrogen) atoms. The Hall–Kier alpha value is -1.46. The summed E-state index contributed by atoms with van der Waals surface area (Å²) in [4.78, 5) is 15.7. The van der Waals surface area contributed by atoms with Gasteiger partial charge in [0.15, 0.2) is 6.54 Å². The number of carboxylic acid groups (broad SMARTS) is 1. The molecular formula is C27H50N3O2+. The normalized spacial score (nSPS) is 19.0. The molecule has 5 heteroatoms. The molecule has 2 atom stereocenters. The van der Waals surface area contributed by atoms with Crippen LogP contribution >= 0.6 is 0 Å². The molecule has 5 nitrogen and oxygen atoms in total. The second-order valence-electron chi connectivity index (χ2n) is 9.46. The Bertz CT molecular complexity index is 583. The van der Waals surface area contributed by atoms with Crippen molar-refractivity contribution in [2.45, 2.75) is 129 Å². The van der Waals surface area contributed by atoms with E-state index in [0.717, 1.165) is 25.1 Å². The second-order valence-corrected chi connectivity index (χ2v) is 9.46. The smallest absolute Gasteiger partial charge is 0.360 e. The maximum Gasteiger partial charge on any atom is 0.360 e. The number of hydrogen-bond donors (Lipinski definition) is 2. The van der Waals surface area contributed by atoms with E-state index in [-0.39, 0.29) is 17.2 Å². The lowest BCUT2D eigenvalue weighted by Crippen LogP contribution is -2.59. The Labute approximate surface area is 197 Å². The quantitative estimate of drug-likeness (QED) is 0.110. The monoisotopic (exact) mass is 448 g/mol. The van der Waals surface area contributed by atoms with Gasteiger partial charge < -0.3 is 5.11 Å². The Morgan fingerprint density at radius 2 is 1.44 bits per heavy atom. The summed E-state index contributed by atoms with van der Waals surface area (Å²) in [5.74, 6) is 0.0502. The van der Waals surface area contributed by atoms with Crippen molar-refractivity contribution >= 4 is 11.8 Å². The number of nitrogens with two attached hydrogens (primary N) is 1. The highest BCUT2D eigenvalue weighted by molar-refractivity contribution is 5.81. The topological polar surface area (TPSA) is 75.7 Å². The van der Waals surface area contributed by atoms with Crippen LogP contribution in [-0.4, -0.2) is 34.1 Å². The minimum Gasteiger partial charge on any atom is -0.477 e. The number of amidine groups is 1. The molecule has 0 aromatic carbocycles. The van der Waals surface area contributed by atoms with E-state index in [0.29, 0.717) is 0 Å². The van der Waals surface area contributed by atoms with E-state index < -0.39 is 5.97 Å². The zero-order valence-corrected chi connectivity index (χ0v) is 20.9. The lowest BCUT2D eigenvalue weighted by Gasteiger charge is -2.34. The van der Waals surface area contributed by atoms with Crippen LogP contribution in [-0.2, 0) is 4.79 Å². The largest absolute Gasteiger partial charge is 0.477 e. The van der Waals surface area contributed by atoms with Crippen molar-refractivity contribution in [2.24, 2.45) is 10.7 Å². The van der Waals surface area contributed by atoms with Crippen LogP contribution in [0.15, 0.2) is 29.5 Å². The SMILES string of the molecule is CCCCCCCCCCC/C=C/CCCCCCCC1=NC=C[N+]1(CC(=O)O)C(C)N. The van der Waals surface area contributed by atoms with Gasteiger partial charge >= 0.3 is 5.97 Å². The molecule has 1 rings (SSSR count). The molecule has 0 aromatic heterocycles. The van der Waals surface area contributed by atoms with Crippen molar-refractivity contribution in [1.29, 1.82) is 0 Å². The average molecular weight is 449 g/mol. The van der Waals surface area contributed by atoms with E-state index in [1.807, 2.05) is 13.1 Å². The maximum atomic E-state index is 11.3. The zero-order chi connectivity index (χ0) is 23.5. The Morgan fingerprint density at radius 1 is 0.938 bits per heavy atom. The number of nitrogens with zero attached hydrogens (tertiary/aromatic N) is 2. The molecule has 0 aromatic rings. The minimum atomic E-state index is -0.840. The molecule has 0 aliphatic carbocycles. The third-order valence-corrected chi connectivity index (χ3v) is 6.57. The van der Waals surface area contributed by atoms with Gasteiger partial charge in [0.2, 0.25) is 5.84 Å². The van der Waals surface area contributed by atoms with Gasteiger partial charge in [0.05, 0.1) is 6.20 Å². The van der Waals surface area contributed by atoms with E-state index in [1.165, 1.54) is 89.9 Å². The predicted molar refractivity (Wildman–Crippen MR) is 136 cm³/mol. The molecule has 0 saturated carbocycles. The molecule has 0 spiro atoms. The summed E-state index contributed by atoms with van der Waals surface area (Å²) in [7, 11) is 0. The Kier molecular flexibility index (Phi) is 16.1. The second kappa shape index (κ2) is 18.0. The summed E-state index contributed by atoms with van der Waals surface area (Å²) in [6, 6.07) is 0. The van der Waals surface area contributed by atoms with Gasteiger partial charge in [-0.25, -0.2) is 14.3 Å². The van der Waals surface area contributed by atoms with Crippen LogP contribution in [0, 0.1) is 0 Å². The van der Waals surface area contributed by atoms with Crippen LogP contribution in [0.2, 0.25) is 0 Å². The molecular weight excluding hydrogens is 398 g/mol. The van der Waals surface area contributed by atoms with Crippen LogP contribution in [0.3, 0.4) is 0 Å². The standard InChI is InChI=1S/C27H49N3O2/c1-3-4-5-6-7-8-9-10-11-12-13-14-15-16-17-18-19-20-21-26-29-22-23-30(26,25(2)28)24-27(31)32/h13-14,22-23,25H,3-12,15-21,24,28H2,1-2H3/p+1/b14-13+. The Morgan fingerprint density at radius 3 is 1.94 bits per heavy atom. The number of carbonyl (C=O) groups is 1. The summed E-state index contributed by atoms with van der Waals surface area (Å²) in [6.45, 7) is 4.11. The van der Waals surface area contributed by atoms with Gasteiger partial charge in [-0.3, -0.25) is 5.73 Å². The molecule has 1 heterocycles. The van der Waals surface area contributed by atoms with Crippen molar-refractivity contribution in [3.8, 4) is 0 Å². The lowest BCUT2D eigenvalue weighted by molar-refractivity contribution is -0.805. The highest BCUT2D eigenvalue weighted by Crippen LogP contribution is 2.23. The van der Waals surface area contributed by atoms with Crippen molar-refractivity contribution in [3.63, 3.8) is 0 Å². The first kappa shape index (κ1) is 28.6. The third-order valence-electron chi connectivity index (χ3n) is 6.57. The van der Waals surface area contributed by atoms with E-state index >= 15 is 0 Å². The van der Waals surface area contributed by atoms with Crippen molar-refractivity contribution in [3.05, 3.63) is 24.6 Å². The molecule has 1 aliphatic heterocycles. The van der Waals surface area contributed by atoms with Gasteiger partial charge in [-0.2, -0.15) is 0 Å². The molecule has 0 saturated heterocycles. The summed E-state index contributed by atoms with van der Waals surface area (Å²) in [5, 5.41) is 9.27. The van der Waals surface area contributed by atoms with Crippen LogP contribution in [0.1, 0.15) is 123 Å². The van der Waals surface area contributed by atoms with Crippen molar-refractivity contribution in [1.82, 2.24) is 0 Å². The zero-order valence-electron chi connectivity index (χ0n) is 20.9. The third kappa shape index (κ3) is 12.0. The number of hydrogen-bond acceptors (Lipinski definition) is 3. The fourth-order valence-electron chi connectivity index (χ4n) is 4.47. The summed E-state index contributed by atoms with van der Waals surface area (Å²) >= 11 is 0. The van der Waals surface area contributed by atoms with E-state index in [2.05, 4.69) is 24.1 Å². The van der Waals surface area contributed by atoms with Crippen LogP contribution in [0.4, 0.5) is 0 Å². The highest BCUT2D eigenvalue weighted by Gasteiger charge is 2.40. The number of quaternary nitrogens is 1. The molecule has 184 valence electrons. The summed E-state index contributed by atoms with van der Waals surface area (Å²) in [5.41, 5.74) is 6.11. The fourth-order valence-corrected chi connectivity index (χ4v) is 4.47. The predicted octanol–water partition coefficient (Wildman–Crippen LogP) is 7.28. The number of aliphatic imine (C=N–C) groups is 1. The number of aliphatic carboxylic acids is 1. The van der Waals surface area contributed by atoms with Crippen LogP contribution < -0.4 is 5.73 Å². The number of carboxylic acids is 1. The van der Waals surface area contributed by atoms with Gasteiger partial charge in [-0.05, 0) is 32.1 Å². The lowest BCUT2D eigenvalue weighted by atomic mass is 10.1. The molecule has 0 amide bonds. The maximum absolute atomic E-state index is 11.3. The van der Waals surface area contributed by atoms with Crippen molar-refractivity contribution < 1.29 is 14.4 Å². The van der Waals surface area contributed by atoms with Gasteiger partial charge in [0, 0.05) is 13.3 Å². The summed E-state index contributed by atoms with van der Waals surface area (Å²) < 4.78 is 0.166. The van der Waals surface area contributed by atoms with E-state index in [1.54, 1.807) is 6.20 Å². The first-order valence-electron chi connectivity index (χ1n) is 13.3. The average Bonchev–Trinajstić information content (AvgIpc) is 3.16. The molecule has 2 unspecified atom stereocenters. The molecule has 0 fully saturated rings. The van der Waals surface area contributed by atoms with Gasteiger partial charge in [0.25, 0.3) is 0 Å².